The van der Waals surface area contributed by atoms with Crippen molar-refractivity contribution in [1.82, 2.24) is 9.55 Å². The molecular weight excluding hydrogens is 296 g/mol. The van der Waals surface area contributed by atoms with Crippen molar-refractivity contribution in [3.05, 3.63) is 82.9 Å². The Kier molecular flexibility index (Phi) is 3.88. The third kappa shape index (κ3) is 2.96. The normalized spacial score (nSPS) is 10.3. The van der Waals surface area contributed by atoms with E-state index in [2.05, 4.69) is 4.98 Å². The zero-order valence-corrected chi connectivity index (χ0v) is 11.9. The molecule has 0 amide bonds. The fourth-order valence-corrected chi connectivity index (χ4v) is 2.12. The lowest BCUT2D eigenvalue weighted by Gasteiger charge is -2.10. The Hall–Kier alpha value is -3.41. The van der Waals surface area contributed by atoms with E-state index in [1.165, 1.54) is 23.0 Å². The van der Waals surface area contributed by atoms with Gasteiger partial charge in [0.15, 0.2) is 0 Å². The summed E-state index contributed by atoms with van der Waals surface area (Å²) in [5, 5.41) is 9.26. The molecule has 0 radical (unpaired) electrons. The van der Waals surface area contributed by atoms with Gasteiger partial charge >= 0.3 is 11.5 Å². The zero-order chi connectivity index (χ0) is 16.2. The Bertz CT molecular complexity index is 904. The second kappa shape index (κ2) is 6.15. The largest absolute Gasteiger partial charge is 0.478 e. The molecule has 0 bridgehead atoms. The fourth-order valence-electron chi connectivity index (χ4n) is 2.12. The molecule has 6 nitrogen and oxygen atoms in total. The Morgan fingerprint density at radius 2 is 1.74 bits per heavy atom. The Morgan fingerprint density at radius 1 is 1.04 bits per heavy atom. The average molecular weight is 308 g/mol. The molecule has 0 unspecified atom stereocenters. The molecule has 0 aliphatic rings. The van der Waals surface area contributed by atoms with Crippen molar-refractivity contribution in [1.29, 1.82) is 0 Å². The first kappa shape index (κ1) is 14.5. The third-order valence-electron chi connectivity index (χ3n) is 3.16. The molecule has 0 atom stereocenters. The van der Waals surface area contributed by atoms with Crippen LogP contribution in [0.5, 0.6) is 11.6 Å². The molecule has 0 saturated carbocycles. The number of ether oxygens (including phenoxy) is 1. The molecule has 23 heavy (non-hydrogen) atoms. The van der Waals surface area contributed by atoms with Gasteiger partial charge in [-0.3, -0.25) is 9.36 Å². The van der Waals surface area contributed by atoms with Gasteiger partial charge in [0.1, 0.15) is 5.75 Å². The van der Waals surface area contributed by atoms with E-state index in [1.807, 2.05) is 6.07 Å². The van der Waals surface area contributed by atoms with Crippen LogP contribution in [0, 0.1) is 0 Å². The fraction of sp³-hybridized carbons (Fsp3) is 0. The molecule has 0 aliphatic heterocycles. The van der Waals surface area contributed by atoms with E-state index in [0.717, 1.165) is 0 Å². The summed E-state index contributed by atoms with van der Waals surface area (Å²) in [5.74, 6) is -0.768. The van der Waals surface area contributed by atoms with Crippen LogP contribution in [0.15, 0.2) is 71.8 Å². The van der Waals surface area contributed by atoms with Gasteiger partial charge < -0.3 is 9.84 Å². The highest BCUT2D eigenvalue weighted by molar-refractivity contribution is 5.91. The molecule has 1 heterocycles. The van der Waals surface area contributed by atoms with Gasteiger partial charge in [-0.1, -0.05) is 30.3 Å². The van der Waals surface area contributed by atoms with Gasteiger partial charge in [-0.15, -0.1) is 0 Å². The summed E-state index contributed by atoms with van der Waals surface area (Å²) in [5.41, 5.74) is -0.262. The molecular formula is C17H12N2O4. The maximum atomic E-state index is 12.5. The molecule has 2 aromatic carbocycles. The van der Waals surface area contributed by atoms with Gasteiger partial charge in [-0.2, -0.15) is 0 Å². The second-order valence-corrected chi connectivity index (χ2v) is 4.64. The number of aromatic carboxylic acids is 1. The smallest absolute Gasteiger partial charge is 0.337 e. The predicted octanol–water partition coefficient (Wildman–Crippen LogP) is 2.72. The quantitative estimate of drug-likeness (QED) is 0.801. The van der Waals surface area contributed by atoms with E-state index in [4.69, 9.17) is 4.74 Å². The number of carboxylic acid groups (broad SMARTS) is 1. The van der Waals surface area contributed by atoms with Gasteiger partial charge in [0.05, 0.1) is 11.3 Å². The van der Waals surface area contributed by atoms with E-state index >= 15 is 0 Å². The number of carboxylic acids is 1. The monoisotopic (exact) mass is 308 g/mol. The van der Waals surface area contributed by atoms with Crippen LogP contribution >= 0.6 is 0 Å². The van der Waals surface area contributed by atoms with Crippen LogP contribution in [-0.4, -0.2) is 20.6 Å². The molecule has 0 fully saturated rings. The van der Waals surface area contributed by atoms with Crippen LogP contribution in [0.1, 0.15) is 10.4 Å². The molecule has 3 rings (SSSR count). The maximum absolute atomic E-state index is 12.5. The summed E-state index contributed by atoms with van der Waals surface area (Å²) in [6.45, 7) is 0. The first-order chi connectivity index (χ1) is 11.2. The zero-order valence-electron chi connectivity index (χ0n) is 11.9. The number of hydrogen-bond acceptors (Lipinski definition) is 4. The second-order valence-electron chi connectivity index (χ2n) is 4.64. The highest BCUT2D eigenvalue weighted by Gasteiger charge is 2.14. The Labute approximate surface area is 131 Å². The summed E-state index contributed by atoms with van der Waals surface area (Å²) in [6.07, 6.45) is 2.79. The van der Waals surface area contributed by atoms with Crippen LogP contribution in [-0.2, 0) is 0 Å². The number of para-hydroxylation sites is 2. The third-order valence-corrected chi connectivity index (χ3v) is 3.16. The van der Waals surface area contributed by atoms with Crippen LogP contribution in [0.25, 0.3) is 5.69 Å². The van der Waals surface area contributed by atoms with Gasteiger partial charge in [0, 0.05) is 12.4 Å². The molecule has 0 saturated heterocycles. The van der Waals surface area contributed by atoms with E-state index in [-0.39, 0.29) is 17.1 Å². The summed E-state index contributed by atoms with van der Waals surface area (Å²) >= 11 is 0. The number of benzene rings is 2. The van der Waals surface area contributed by atoms with Crippen molar-refractivity contribution < 1.29 is 14.6 Å². The van der Waals surface area contributed by atoms with Crippen molar-refractivity contribution >= 4 is 5.97 Å². The van der Waals surface area contributed by atoms with Crippen LogP contribution in [0.2, 0.25) is 0 Å². The lowest BCUT2D eigenvalue weighted by Crippen LogP contribution is -2.22. The highest BCUT2D eigenvalue weighted by Crippen LogP contribution is 2.17. The minimum Gasteiger partial charge on any atom is -0.478 e. The lowest BCUT2D eigenvalue weighted by atomic mass is 10.2. The molecule has 1 N–H and O–H groups in total. The number of nitrogens with zero attached hydrogens (tertiary/aromatic N) is 2. The first-order valence-electron chi connectivity index (χ1n) is 6.80. The van der Waals surface area contributed by atoms with E-state index < -0.39 is 11.5 Å². The number of aromatic nitrogens is 2. The minimum absolute atomic E-state index is 0.0199. The predicted molar refractivity (Wildman–Crippen MR) is 83.3 cm³/mol. The first-order valence-corrected chi connectivity index (χ1v) is 6.80. The van der Waals surface area contributed by atoms with Crippen molar-refractivity contribution in [2.75, 3.05) is 0 Å². The highest BCUT2D eigenvalue weighted by atomic mass is 16.5. The summed E-state index contributed by atoms with van der Waals surface area (Å²) in [7, 11) is 0. The molecule has 114 valence electrons. The average Bonchev–Trinajstić information content (AvgIpc) is 2.58. The number of hydrogen-bond donors (Lipinski definition) is 1. The van der Waals surface area contributed by atoms with Crippen molar-refractivity contribution in [3.63, 3.8) is 0 Å². The minimum atomic E-state index is -1.12. The van der Waals surface area contributed by atoms with Crippen molar-refractivity contribution in [3.8, 4) is 17.3 Å². The Morgan fingerprint density at radius 3 is 2.48 bits per heavy atom. The number of carbonyl (C=O) groups is 1. The molecule has 0 spiro atoms. The summed E-state index contributed by atoms with van der Waals surface area (Å²) in [4.78, 5) is 27.8. The van der Waals surface area contributed by atoms with Crippen molar-refractivity contribution in [2.24, 2.45) is 0 Å². The lowest BCUT2D eigenvalue weighted by molar-refractivity contribution is 0.0697. The van der Waals surface area contributed by atoms with Gasteiger partial charge in [0.25, 0.3) is 5.88 Å². The van der Waals surface area contributed by atoms with Gasteiger partial charge in [-0.25, -0.2) is 9.78 Å². The van der Waals surface area contributed by atoms with Crippen LogP contribution < -0.4 is 10.3 Å². The van der Waals surface area contributed by atoms with E-state index in [1.54, 1.807) is 42.5 Å². The molecule has 6 heteroatoms. The molecule has 1 aromatic heterocycles. The summed E-state index contributed by atoms with van der Waals surface area (Å²) in [6, 6.07) is 15.0. The molecule has 3 aromatic rings. The van der Waals surface area contributed by atoms with Gasteiger partial charge in [-0.05, 0) is 24.3 Å². The van der Waals surface area contributed by atoms with Crippen LogP contribution in [0.4, 0.5) is 0 Å². The topological polar surface area (TPSA) is 81.4 Å². The summed E-state index contributed by atoms with van der Waals surface area (Å²) < 4.78 is 6.68. The van der Waals surface area contributed by atoms with E-state index in [9.17, 15) is 14.7 Å². The van der Waals surface area contributed by atoms with Crippen LogP contribution in [0.3, 0.4) is 0 Å². The standard InChI is InChI=1S/C17H12N2O4/c20-16-15(23-12-6-2-1-3-7-12)18-10-11-19(16)14-9-5-4-8-13(14)17(21)22/h1-11H,(H,21,22). The van der Waals surface area contributed by atoms with E-state index in [0.29, 0.717) is 5.75 Å². The molecule has 0 aliphatic carbocycles. The van der Waals surface area contributed by atoms with Crippen molar-refractivity contribution in [2.45, 2.75) is 0 Å². The maximum Gasteiger partial charge on any atom is 0.337 e. The SMILES string of the molecule is O=C(O)c1ccccc1-n1ccnc(Oc2ccccc2)c1=O. The Balaban J connectivity index is 2.08. The van der Waals surface area contributed by atoms with Gasteiger partial charge in [0.2, 0.25) is 0 Å². The number of rotatable bonds is 4.